The van der Waals surface area contributed by atoms with Crippen LogP contribution in [0, 0.1) is 0 Å². The summed E-state index contributed by atoms with van der Waals surface area (Å²) in [6, 6.07) is 7.03. The first-order valence-electron chi connectivity index (χ1n) is 7.25. The van der Waals surface area contributed by atoms with Gasteiger partial charge in [-0.05, 0) is 51.0 Å². The van der Waals surface area contributed by atoms with E-state index < -0.39 is 5.97 Å². The normalized spacial score (nSPS) is 10.4. The van der Waals surface area contributed by atoms with Gasteiger partial charge in [0.25, 0.3) is 5.91 Å². The number of carbonyl (C=O) groups is 2. The number of carbonyl (C=O) groups excluding carboxylic acids is 1. The number of ether oxygens (including phenoxy) is 1. The lowest BCUT2D eigenvalue weighted by Crippen LogP contribution is -2.24. The molecule has 0 saturated heterocycles. The highest BCUT2D eigenvalue weighted by molar-refractivity contribution is 5.94. The maximum atomic E-state index is 11.9. The molecular formula is C16H23NO4. The molecule has 1 aromatic rings. The van der Waals surface area contributed by atoms with Gasteiger partial charge in [0.1, 0.15) is 5.75 Å². The Balaban J connectivity index is 2.27. The highest BCUT2D eigenvalue weighted by Crippen LogP contribution is 2.13. The Morgan fingerprint density at radius 2 is 1.81 bits per heavy atom. The molecule has 0 saturated carbocycles. The summed E-state index contributed by atoms with van der Waals surface area (Å²) in [5.41, 5.74) is 0.594. The van der Waals surface area contributed by atoms with Crippen LogP contribution in [0.25, 0.3) is 0 Å². The number of carboxylic acid groups (broad SMARTS) is 1. The van der Waals surface area contributed by atoms with Crippen LogP contribution in [-0.4, -0.2) is 29.6 Å². The molecule has 21 heavy (non-hydrogen) atoms. The van der Waals surface area contributed by atoms with Crippen LogP contribution in [0.4, 0.5) is 0 Å². The van der Waals surface area contributed by atoms with Crippen LogP contribution >= 0.6 is 0 Å². The predicted molar refractivity (Wildman–Crippen MR) is 80.6 cm³/mol. The minimum absolute atomic E-state index is 0.107. The first-order chi connectivity index (χ1) is 9.99. The zero-order chi connectivity index (χ0) is 15.7. The third-order valence-electron chi connectivity index (χ3n) is 2.84. The van der Waals surface area contributed by atoms with Crippen LogP contribution in [0.15, 0.2) is 24.3 Å². The van der Waals surface area contributed by atoms with E-state index in [1.165, 1.54) is 0 Å². The smallest absolute Gasteiger partial charge is 0.303 e. The van der Waals surface area contributed by atoms with Gasteiger partial charge in [-0.15, -0.1) is 0 Å². The van der Waals surface area contributed by atoms with Crippen LogP contribution in [0.3, 0.4) is 0 Å². The Morgan fingerprint density at radius 1 is 1.14 bits per heavy atom. The molecule has 0 heterocycles. The molecule has 5 heteroatoms. The van der Waals surface area contributed by atoms with Crippen LogP contribution < -0.4 is 10.1 Å². The zero-order valence-electron chi connectivity index (χ0n) is 12.6. The Labute approximate surface area is 125 Å². The molecule has 0 bridgehead atoms. The second-order valence-electron chi connectivity index (χ2n) is 5.15. The molecule has 0 aromatic heterocycles. The van der Waals surface area contributed by atoms with E-state index in [0.717, 1.165) is 18.6 Å². The van der Waals surface area contributed by atoms with Crippen molar-refractivity contribution < 1.29 is 19.4 Å². The second-order valence-corrected chi connectivity index (χ2v) is 5.15. The third kappa shape index (κ3) is 7.34. The number of amides is 1. The first-order valence-corrected chi connectivity index (χ1v) is 7.25. The molecular weight excluding hydrogens is 270 g/mol. The Bertz CT molecular complexity index is 454. The molecule has 1 amide bonds. The average Bonchev–Trinajstić information content (AvgIpc) is 2.42. The number of hydrogen-bond donors (Lipinski definition) is 2. The van der Waals surface area contributed by atoms with Crippen molar-refractivity contribution in [3.8, 4) is 5.75 Å². The van der Waals surface area contributed by atoms with E-state index in [-0.39, 0.29) is 18.4 Å². The summed E-state index contributed by atoms with van der Waals surface area (Å²) >= 11 is 0. The molecule has 5 nitrogen and oxygen atoms in total. The van der Waals surface area contributed by atoms with E-state index in [1.807, 2.05) is 13.8 Å². The zero-order valence-corrected chi connectivity index (χ0v) is 12.6. The van der Waals surface area contributed by atoms with E-state index in [0.29, 0.717) is 18.5 Å². The Hall–Kier alpha value is -2.04. The van der Waals surface area contributed by atoms with Gasteiger partial charge in [0.2, 0.25) is 0 Å². The molecule has 0 aliphatic carbocycles. The molecule has 0 radical (unpaired) electrons. The van der Waals surface area contributed by atoms with Crippen LogP contribution in [0.1, 0.15) is 49.9 Å². The van der Waals surface area contributed by atoms with Gasteiger partial charge in [-0.25, -0.2) is 0 Å². The minimum atomic E-state index is -0.775. The lowest BCUT2D eigenvalue weighted by atomic mass is 10.2. The van der Waals surface area contributed by atoms with Gasteiger partial charge >= 0.3 is 5.97 Å². The predicted octanol–water partition coefficient (Wildman–Crippen LogP) is 2.85. The van der Waals surface area contributed by atoms with E-state index in [1.54, 1.807) is 24.3 Å². The average molecular weight is 293 g/mol. The summed E-state index contributed by atoms with van der Waals surface area (Å²) in [7, 11) is 0. The van der Waals surface area contributed by atoms with Crippen molar-refractivity contribution in [2.75, 3.05) is 6.54 Å². The number of hydrogen-bond acceptors (Lipinski definition) is 3. The molecule has 1 aromatic carbocycles. The Morgan fingerprint density at radius 3 is 2.38 bits per heavy atom. The monoisotopic (exact) mass is 293 g/mol. The van der Waals surface area contributed by atoms with Gasteiger partial charge in [0, 0.05) is 18.5 Å². The quantitative estimate of drug-likeness (QED) is 0.686. The fourth-order valence-electron chi connectivity index (χ4n) is 1.84. The molecule has 116 valence electrons. The van der Waals surface area contributed by atoms with Gasteiger partial charge in [-0.3, -0.25) is 9.59 Å². The number of carboxylic acids is 1. The SMILES string of the molecule is CC(C)Oc1ccc(C(=O)NCCCCCC(=O)O)cc1. The fraction of sp³-hybridized carbons (Fsp3) is 0.500. The highest BCUT2D eigenvalue weighted by Gasteiger charge is 2.05. The minimum Gasteiger partial charge on any atom is -0.491 e. The third-order valence-corrected chi connectivity index (χ3v) is 2.84. The van der Waals surface area contributed by atoms with Crippen molar-refractivity contribution in [2.24, 2.45) is 0 Å². The van der Waals surface area contributed by atoms with Crippen molar-refractivity contribution in [1.29, 1.82) is 0 Å². The summed E-state index contributed by atoms with van der Waals surface area (Å²) in [6.45, 7) is 4.46. The maximum Gasteiger partial charge on any atom is 0.303 e. The highest BCUT2D eigenvalue weighted by atomic mass is 16.5. The van der Waals surface area contributed by atoms with Gasteiger partial charge < -0.3 is 15.2 Å². The molecule has 0 fully saturated rings. The van der Waals surface area contributed by atoms with Crippen LogP contribution in [0.2, 0.25) is 0 Å². The van der Waals surface area contributed by atoms with Gasteiger partial charge in [0.05, 0.1) is 6.10 Å². The Kier molecular flexibility index (Phi) is 7.29. The molecule has 0 unspecified atom stereocenters. The van der Waals surface area contributed by atoms with Crippen LogP contribution in [-0.2, 0) is 4.79 Å². The standard InChI is InChI=1S/C16H23NO4/c1-12(2)21-14-9-7-13(8-10-14)16(20)17-11-5-3-4-6-15(18)19/h7-10,12H,3-6,11H2,1-2H3,(H,17,20)(H,18,19). The topological polar surface area (TPSA) is 75.6 Å². The van der Waals surface area contributed by atoms with E-state index >= 15 is 0 Å². The van der Waals surface area contributed by atoms with E-state index in [2.05, 4.69) is 5.32 Å². The number of aliphatic carboxylic acids is 1. The summed E-state index contributed by atoms with van der Waals surface area (Å²) < 4.78 is 5.51. The lowest BCUT2D eigenvalue weighted by Gasteiger charge is -2.10. The van der Waals surface area contributed by atoms with Crippen molar-refractivity contribution in [1.82, 2.24) is 5.32 Å². The summed E-state index contributed by atoms with van der Waals surface area (Å²) in [4.78, 5) is 22.2. The molecule has 0 spiro atoms. The maximum absolute atomic E-state index is 11.9. The van der Waals surface area contributed by atoms with Crippen molar-refractivity contribution in [3.63, 3.8) is 0 Å². The summed E-state index contributed by atoms with van der Waals surface area (Å²) in [5.74, 6) is -0.151. The largest absolute Gasteiger partial charge is 0.491 e. The number of unbranched alkanes of at least 4 members (excludes halogenated alkanes) is 2. The van der Waals surface area contributed by atoms with Crippen LogP contribution in [0.5, 0.6) is 5.75 Å². The summed E-state index contributed by atoms with van der Waals surface area (Å²) in [6.07, 6.45) is 2.52. The van der Waals surface area contributed by atoms with Gasteiger partial charge in [-0.2, -0.15) is 0 Å². The van der Waals surface area contributed by atoms with E-state index in [4.69, 9.17) is 9.84 Å². The second kappa shape index (κ2) is 9.00. The van der Waals surface area contributed by atoms with Crippen molar-refractivity contribution >= 4 is 11.9 Å². The molecule has 2 N–H and O–H groups in total. The molecule has 0 atom stereocenters. The molecule has 0 aliphatic heterocycles. The van der Waals surface area contributed by atoms with Gasteiger partial charge in [-0.1, -0.05) is 6.42 Å². The number of nitrogens with one attached hydrogen (secondary N) is 1. The number of benzene rings is 1. The first kappa shape index (κ1) is 17.0. The van der Waals surface area contributed by atoms with Crippen molar-refractivity contribution in [2.45, 2.75) is 45.6 Å². The van der Waals surface area contributed by atoms with Gasteiger partial charge in [0.15, 0.2) is 0 Å². The number of rotatable bonds is 9. The summed E-state index contributed by atoms with van der Waals surface area (Å²) in [5, 5.41) is 11.3. The lowest BCUT2D eigenvalue weighted by molar-refractivity contribution is -0.137. The fourth-order valence-corrected chi connectivity index (χ4v) is 1.84. The molecule has 0 aliphatic rings. The molecule has 1 rings (SSSR count). The van der Waals surface area contributed by atoms with Crippen molar-refractivity contribution in [3.05, 3.63) is 29.8 Å². The van der Waals surface area contributed by atoms with E-state index in [9.17, 15) is 9.59 Å².